The summed E-state index contributed by atoms with van der Waals surface area (Å²) in [6.45, 7) is 8.04. The van der Waals surface area contributed by atoms with Gasteiger partial charge in [0, 0.05) is 39.3 Å². The van der Waals surface area contributed by atoms with Crippen LogP contribution in [0.5, 0.6) is 0 Å². The number of hydrogen-bond donors (Lipinski definition) is 2. The molecular weight excluding hydrogens is 246 g/mol. The van der Waals surface area contributed by atoms with Gasteiger partial charge in [0.15, 0.2) is 0 Å². The molecule has 3 nitrogen and oxygen atoms in total. The molecule has 0 unspecified atom stereocenters. The normalized spacial score (nSPS) is 16.2. The van der Waals surface area contributed by atoms with Crippen molar-refractivity contribution < 1.29 is 0 Å². The summed E-state index contributed by atoms with van der Waals surface area (Å²) in [6.07, 6.45) is 1.13. The maximum absolute atomic E-state index is 3.52. The second kappa shape index (κ2) is 9.34. The lowest BCUT2D eigenvalue weighted by Gasteiger charge is -2.27. The van der Waals surface area contributed by atoms with Gasteiger partial charge in [-0.25, -0.2) is 0 Å². The lowest BCUT2D eigenvalue weighted by atomic mass is 10.1. The molecule has 0 aromatic heterocycles. The Morgan fingerprint density at radius 3 is 2.50 bits per heavy atom. The highest BCUT2D eigenvalue weighted by atomic mass is 35.5. The standard InChI is InChI=1S/C14H23N3.ClH/c1-2-4-14(5-3-1)6-7-15-8-11-17-12-9-16-10-13-17;/h1-5,15-16H,6-13H2;1H. The van der Waals surface area contributed by atoms with Crippen molar-refractivity contribution in [1.82, 2.24) is 15.5 Å². The summed E-state index contributed by atoms with van der Waals surface area (Å²) in [6, 6.07) is 10.7. The van der Waals surface area contributed by atoms with E-state index in [2.05, 4.69) is 45.9 Å². The number of nitrogens with one attached hydrogen (secondary N) is 2. The smallest absolute Gasteiger partial charge is 0.0108 e. The first kappa shape index (κ1) is 15.4. The van der Waals surface area contributed by atoms with Crippen molar-refractivity contribution in [3.8, 4) is 0 Å². The van der Waals surface area contributed by atoms with Gasteiger partial charge in [0.2, 0.25) is 0 Å². The molecule has 0 bridgehead atoms. The van der Waals surface area contributed by atoms with Crippen LogP contribution < -0.4 is 10.6 Å². The first-order valence-electron chi connectivity index (χ1n) is 6.63. The van der Waals surface area contributed by atoms with Crippen molar-refractivity contribution >= 4 is 12.4 Å². The van der Waals surface area contributed by atoms with Gasteiger partial charge in [0.25, 0.3) is 0 Å². The Balaban J connectivity index is 0.00000162. The average Bonchev–Trinajstić information content (AvgIpc) is 2.41. The van der Waals surface area contributed by atoms with Crippen LogP contribution in [0.1, 0.15) is 5.56 Å². The first-order chi connectivity index (χ1) is 8.45. The maximum atomic E-state index is 3.52. The van der Waals surface area contributed by atoms with Gasteiger partial charge in [-0.05, 0) is 18.5 Å². The van der Waals surface area contributed by atoms with Crippen molar-refractivity contribution in [2.75, 3.05) is 45.8 Å². The van der Waals surface area contributed by atoms with Crippen molar-refractivity contribution in [3.05, 3.63) is 35.9 Å². The average molecular weight is 270 g/mol. The van der Waals surface area contributed by atoms with E-state index in [-0.39, 0.29) is 12.4 Å². The summed E-state index contributed by atoms with van der Waals surface area (Å²) in [5, 5.41) is 6.89. The van der Waals surface area contributed by atoms with Crippen LogP contribution in [-0.4, -0.2) is 50.7 Å². The number of piperazine rings is 1. The Labute approximate surface area is 116 Å². The van der Waals surface area contributed by atoms with E-state index in [1.54, 1.807) is 0 Å². The van der Waals surface area contributed by atoms with Gasteiger partial charge in [0.1, 0.15) is 0 Å². The molecule has 1 aromatic rings. The molecule has 18 heavy (non-hydrogen) atoms. The molecule has 2 rings (SSSR count). The molecular formula is C14H24ClN3. The summed E-state index contributed by atoms with van der Waals surface area (Å²) >= 11 is 0. The molecule has 0 aliphatic carbocycles. The van der Waals surface area contributed by atoms with Crippen molar-refractivity contribution in [1.29, 1.82) is 0 Å². The molecule has 1 aromatic carbocycles. The zero-order valence-corrected chi connectivity index (χ0v) is 11.7. The van der Waals surface area contributed by atoms with Gasteiger partial charge in [-0.15, -0.1) is 12.4 Å². The Morgan fingerprint density at radius 2 is 1.78 bits per heavy atom. The van der Waals surface area contributed by atoms with E-state index < -0.39 is 0 Å². The second-order valence-electron chi connectivity index (χ2n) is 4.58. The van der Waals surface area contributed by atoms with Crippen LogP contribution >= 0.6 is 12.4 Å². The van der Waals surface area contributed by atoms with Crippen molar-refractivity contribution in [2.24, 2.45) is 0 Å². The highest BCUT2D eigenvalue weighted by molar-refractivity contribution is 5.85. The minimum Gasteiger partial charge on any atom is -0.315 e. The summed E-state index contributed by atoms with van der Waals surface area (Å²) in [5.41, 5.74) is 1.42. The fraction of sp³-hybridized carbons (Fsp3) is 0.571. The molecule has 0 radical (unpaired) electrons. The summed E-state index contributed by atoms with van der Waals surface area (Å²) in [4.78, 5) is 2.52. The van der Waals surface area contributed by atoms with E-state index in [1.165, 1.54) is 25.2 Å². The van der Waals surface area contributed by atoms with Gasteiger partial charge < -0.3 is 10.6 Å². The lowest BCUT2D eigenvalue weighted by molar-refractivity contribution is 0.241. The van der Waals surface area contributed by atoms with Gasteiger partial charge >= 0.3 is 0 Å². The van der Waals surface area contributed by atoms with Crippen LogP contribution in [0.3, 0.4) is 0 Å². The summed E-state index contributed by atoms with van der Waals surface area (Å²) in [5.74, 6) is 0. The van der Waals surface area contributed by atoms with Crippen LogP contribution in [0.15, 0.2) is 30.3 Å². The van der Waals surface area contributed by atoms with Crippen molar-refractivity contribution in [2.45, 2.75) is 6.42 Å². The number of hydrogen-bond acceptors (Lipinski definition) is 3. The Morgan fingerprint density at radius 1 is 1.06 bits per heavy atom. The molecule has 0 spiro atoms. The van der Waals surface area contributed by atoms with E-state index in [1.807, 2.05) is 0 Å². The van der Waals surface area contributed by atoms with E-state index >= 15 is 0 Å². The molecule has 0 amide bonds. The fourth-order valence-corrected chi connectivity index (χ4v) is 2.17. The van der Waals surface area contributed by atoms with Crippen LogP contribution in [0.4, 0.5) is 0 Å². The zero-order valence-electron chi connectivity index (χ0n) is 10.9. The SMILES string of the molecule is Cl.c1ccc(CCNCCN2CCNCC2)cc1. The number of halogens is 1. The first-order valence-corrected chi connectivity index (χ1v) is 6.63. The van der Waals surface area contributed by atoms with Crippen LogP contribution in [0, 0.1) is 0 Å². The highest BCUT2D eigenvalue weighted by Crippen LogP contribution is 1.98. The van der Waals surface area contributed by atoms with Crippen LogP contribution in [-0.2, 0) is 6.42 Å². The fourth-order valence-electron chi connectivity index (χ4n) is 2.17. The van der Waals surface area contributed by atoms with Crippen molar-refractivity contribution in [3.63, 3.8) is 0 Å². The van der Waals surface area contributed by atoms with E-state index in [9.17, 15) is 0 Å². The minimum atomic E-state index is 0. The molecule has 1 aliphatic heterocycles. The third-order valence-corrected chi connectivity index (χ3v) is 3.25. The molecule has 1 aliphatic rings. The molecule has 1 fully saturated rings. The predicted octanol–water partition coefficient (Wildman–Crippen LogP) is 1.15. The summed E-state index contributed by atoms with van der Waals surface area (Å²) < 4.78 is 0. The molecule has 0 atom stereocenters. The van der Waals surface area contributed by atoms with Gasteiger partial charge in [-0.2, -0.15) is 0 Å². The van der Waals surface area contributed by atoms with E-state index in [4.69, 9.17) is 0 Å². The Bertz CT molecular complexity index is 299. The number of benzene rings is 1. The molecule has 102 valence electrons. The van der Waals surface area contributed by atoms with Crippen LogP contribution in [0.25, 0.3) is 0 Å². The zero-order chi connectivity index (χ0) is 11.8. The largest absolute Gasteiger partial charge is 0.315 e. The van der Waals surface area contributed by atoms with Gasteiger partial charge in [0.05, 0.1) is 0 Å². The van der Waals surface area contributed by atoms with E-state index in [0.29, 0.717) is 0 Å². The third-order valence-electron chi connectivity index (χ3n) is 3.25. The number of nitrogens with zero attached hydrogens (tertiary/aromatic N) is 1. The molecule has 0 saturated carbocycles. The Kier molecular flexibility index (Phi) is 8.01. The van der Waals surface area contributed by atoms with E-state index in [0.717, 1.165) is 32.6 Å². The topological polar surface area (TPSA) is 27.3 Å². The minimum absolute atomic E-state index is 0. The predicted molar refractivity (Wildman–Crippen MR) is 79.6 cm³/mol. The van der Waals surface area contributed by atoms with Crippen LogP contribution in [0.2, 0.25) is 0 Å². The van der Waals surface area contributed by atoms with Gasteiger partial charge in [-0.3, -0.25) is 4.90 Å². The lowest BCUT2D eigenvalue weighted by Crippen LogP contribution is -2.45. The number of rotatable bonds is 6. The highest BCUT2D eigenvalue weighted by Gasteiger charge is 2.07. The molecule has 2 N–H and O–H groups in total. The molecule has 1 saturated heterocycles. The maximum Gasteiger partial charge on any atom is 0.0108 e. The second-order valence-corrected chi connectivity index (χ2v) is 4.58. The monoisotopic (exact) mass is 269 g/mol. The summed E-state index contributed by atoms with van der Waals surface area (Å²) in [7, 11) is 0. The quantitative estimate of drug-likeness (QED) is 0.759. The Hall–Kier alpha value is -0.610. The third kappa shape index (κ3) is 5.83. The molecule has 4 heteroatoms. The molecule has 1 heterocycles. The van der Waals surface area contributed by atoms with Gasteiger partial charge in [-0.1, -0.05) is 30.3 Å².